The number of carbonyl (C=O) groups excluding carboxylic acids is 1. The summed E-state index contributed by atoms with van der Waals surface area (Å²) >= 11 is 0. The Balaban J connectivity index is 2.38. The van der Waals surface area contributed by atoms with E-state index in [2.05, 4.69) is 0 Å². The molecule has 1 atom stereocenters. The fourth-order valence-corrected chi connectivity index (χ4v) is 2.18. The second-order valence-electron chi connectivity index (χ2n) is 4.26. The number of hydrogen-bond acceptors (Lipinski definition) is 3. The minimum absolute atomic E-state index is 0.277. The monoisotopic (exact) mass is 219 g/mol. The van der Waals surface area contributed by atoms with Crippen molar-refractivity contribution in [1.82, 2.24) is 0 Å². The van der Waals surface area contributed by atoms with Gasteiger partial charge in [0, 0.05) is 17.9 Å². The first-order valence-corrected chi connectivity index (χ1v) is 5.54. The van der Waals surface area contributed by atoms with Crippen molar-refractivity contribution in [2.75, 3.05) is 17.2 Å². The first-order chi connectivity index (χ1) is 7.59. The number of nitrogens with zero attached hydrogens (tertiary/aromatic N) is 1. The summed E-state index contributed by atoms with van der Waals surface area (Å²) in [7, 11) is 0. The Morgan fingerprint density at radius 1 is 1.50 bits per heavy atom. The highest BCUT2D eigenvalue weighted by molar-refractivity contribution is 5.84. The van der Waals surface area contributed by atoms with E-state index in [1.165, 1.54) is 5.56 Å². The maximum atomic E-state index is 11.2. The van der Waals surface area contributed by atoms with Crippen LogP contribution in [-0.4, -0.2) is 18.5 Å². The summed E-state index contributed by atoms with van der Waals surface area (Å²) in [5, 5.41) is 0. The molecule has 4 N–H and O–H groups in total. The predicted octanol–water partition coefficient (Wildman–Crippen LogP) is 0.895. The predicted molar refractivity (Wildman–Crippen MR) is 65.2 cm³/mol. The average Bonchev–Trinajstić information content (AvgIpc) is 2.27. The van der Waals surface area contributed by atoms with Crippen LogP contribution >= 0.6 is 0 Å². The van der Waals surface area contributed by atoms with E-state index in [9.17, 15) is 4.79 Å². The van der Waals surface area contributed by atoms with Crippen molar-refractivity contribution in [2.24, 2.45) is 5.73 Å². The van der Waals surface area contributed by atoms with Crippen LogP contribution in [0.15, 0.2) is 18.2 Å². The van der Waals surface area contributed by atoms with Gasteiger partial charge in [-0.05, 0) is 37.5 Å². The van der Waals surface area contributed by atoms with Gasteiger partial charge in [0.15, 0.2) is 0 Å². The van der Waals surface area contributed by atoms with Gasteiger partial charge in [-0.25, -0.2) is 0 Å². The second kappa shape index (κ2) is 4.04. The standard InChI is InChI=1S/C12H17N3O/c1-8(12(14)16)15-6-2-3-9-4-5-10(13)7-11(9)15/h4-5,7-8H,2-3,6,13H2,1H3,(H2,14,16). The Kier molecular flexibility index (Phi) is 2.73. The molecule has 2 rings (SSSR count). The summed E-state index contributed by atoms with van der Waals surface area (Å²) in [6.45, 7) is 2.70. The number of aryl methyl sites for hydroxylation is 1. The molecule has 4 heteroatoms. The molecule has 1 aromatic carbocycles. The second-order valence-corrected chi connectivity index (χ2v) is 4.26. The third-order valence-corrected chi connectivity index (χ3v) is 3.14. The van der Waals surface area contributed by atoms with Crippen LogP contribution in [0.3, 0.4) is 0 Å². The SMILES string of the molecule is CC(C(N)=O)N1CCCc2ccc(N)cc21. The molecule has 0 bridgehead atoms. The molecule has 0 aromatic heterocycles. The van der Waals surface area contributed by atoms with Crippen molar-refractivity contribution in [3.8, 4) is 0 Å². The number of amides is 1. The lowest BCUT2D eigenvalue weighted by molar-refractivity contribution is -0.119. The lowest BCUT2D eigenvalue weighted by atomic mass is 9.99. The van der Waals surface area contributed by atoms with E-state index in [0.29, 0.717) is 0 Å². The van der Waals surface area contributed by atoms with Crippen molar-refractivity contribution in [3.63, 3.8) is 0 Å². The normalized spacial score (nSPS) is 16.7. The summed E-state index contributed by atoms with van der Waals surface area (Å²) in [5.41, 5.74) is 14.1. The first-order valence-electron chi connectivity index (χ1n) is 5.54. The molecule has 4 nitrogen and oxygen atoms in total. The number of carbonyl (C=O) groups is 1. The van der Waals surface area contributed by atoms with Gasteiger partial charge in [0.05, 0.1) is 0 Å². The molecule has 1 aliphatic heterocycles. The Hall–Kier alpha value is -1.71. The maximum absolute atomic E-state index is 11.2. The molecule has 16 heavy (non-hydrogen) atoms. The van der Waals surface area contributed by atoms with Gasteiger partial charge in [-0.3, -0.25) is 4.79 Å². The minimum atomic E-state index is -0.296. The van der Waals surface area contributed by atoms with E-state index < -0.39 is 0 Å². The number of primary amides is 1. The van der Waals surface area contributed by atoms with Crippen LogP contribution in [0.1, 0.15) is 18.9 Å². The molecule has 1 unspecified atom stereocenters. The van der Waals surface area contributed by atoms with Crippen LogP contribution in [0, 0.1) is 0 Å². The smallest absolute Gasteiger partial charge is 0.239 e. The van der Waals surface area contributed by atoms with Crippen LogP contribution in [0.25, 0.3) is 0 Å². The zero-order valence-electron chi connectivity index (χ0n) is 9.44. The van der Waals surface area contributed by atoms with E-state index in [4.69, 9.17) is 11.5 Å². The van der Waals surface area contributed by atoms with Crippen LogP contribution in [0.5, 0.6) is 0 Å². The molecule has 0 aliphatic carbocycles. The zero-order chi connectivity index (χ0) is 11.7. The molecular weight excluding hydrogens is 202 g/mol. The van der Waals surface area contributed by atoms with Crippen LogP contribution < -0.4 is 16.4 Å². The largest absolute Gasteiger partial charge is 0.399 e. The van der Waals surface area contributed by atoms with Crippen molar-refractivity contribution < 1.29 is 4.79 Å². The summed E-state index contributed by atoms with van der Waals surface area (Å²) in [4.78, 5) is 13.3. The molecule has 0 spiro atoms. The third kappa shape index (κ3) is 1.83. The highest BCUT2D eigenvalue weighted by Gasteiger charge is 2.24. The number of benzene rings is 1. The first kappa shape index (κ1) is 10.8. The van der Waals surface area contributed by atoms with Gasteiger partial charge in [-0.15, -0.1) is 0 Å². The summed E-state index contributed by atoms with van der Waals surface area (Å²) in [6.07, 6.45) is 2.09. The fraction of sp³-hybridized carbons (Fsp3) is 0.417. The van der Waals surface area contributed by atoms with Gasteiger partial charge >= 0.3 is 0 Å². The molecule has 86 valence electrons. The average molecular weight is 219 g/mol. The molecule has 1 aliphatic rings. The summed E-state index contributed by atoms with van der Waals surface area (Å²) < 4.78 is 0. The van der Waals surface area contributed by atoms with Crippen molar-refractivity contribution in [1.29, 1.82) is 0 Å². The van der Waals surface area contributed by atoms with Crippen LogP contribution in [0.2, 0.25) is 0 Å². The van der Waals surface area contributed by atoms with Gasteiger partial charge < -0.3 is 16.4 Å². The van der Waals surface area contributed by atoms with E-state index in [1.54, 1.807) is 0 Å². The molecule has 0 saturated carbocycles. The summed E-state index contributed by atoms with van der Waals surface area (Å²) in [5.74, 6) is -0.296. The van der Waals surface area contributed by atoms with Gasteiger partial charge in [0.25, 0.3) is 0 Å². The number of fused-ring (bicyclic) bond motifs is 1. The Labute approximate surface area is 95.2 Å². The number of anilines is 2. The Morgan fingerprint density at radius 2 is 2.25 bits per heavy atom. The fourth-order valence-electron chi connectivity index (χ4n) is 2.18. The molecule has 1 amide bonds. The van der Waals surface area contributed by atoms with Gasteiger partial charge in [-0.1, -0.05) is 6.07 Å². The maximum Gasteiger partial charge on any atom is 0.239 e. The van der Waals surface area contributed by atoms with Gasteiger partial charge in [0.1, 0.15) is 6.04 Å². The molecule has 1 aromatic rings. The van der Waals surface area contributed by atoms with Crippen molar-refractivity contribution in [3.05, 3.63) is 23.8 Å². The lowest BCUT2D eigenvalue weighted by Crippen LogP contribution is -2.45. The number of hydrogen-bond donors (Lipinski definition) is 2. The minimum Gasteiger partial charge on any atom is -0.399 e. The number of rotatable bonds is 2. The van der Waals surface area contributed by atoms with E-state index in [-0.39, 0.29) is 11.9 Å². The quantitative estimate of drug-likeness (QED) is 0.726. The van der Waals surface area contributed by atoms with E-state index >= 15 is 0 Å². The Bertz CT molecular complexity index is 417. The summed E-state index contributed by atoms with van der Waals surface area (Å²) in [6, 6.07) is 5.58. The zero-order valence-corrected chi connectivity index (χ0v) is 9.44. The molecule has 1 heterocycles. The molecular formula is C12H17N3O. The van der Waals surface area contributed by atoms with Crippen molar-refractivity contribution in [2.45, 2.75) is 25.8 Å². The molecule has 0 saturated heterocycles. The van der Waals surface area contributed by atoms with E-state index in [1.807, 2.05) is 30.0 Å². The van der Waals surface area contributed by atoms with Crippen LogP contribution in [-0.2, 0) is 11.2 Å². The number of nitrogen functional groups attached to an aromatic ring is 1. The topological polar surface area (TPSA) is 72.4 Å². The highest BCUT2D eigenvalue weighted by Crippen LogP contribution is 2.30. The van der Waals surface area contributed by atoms with Crippen LogP contribution in [0.4, 0.5) is 11.4 Å². The lowest BCUT2D eigenvalue weighted by Gasteiger charge is -2.34. The number of nitrogens with two attached hydrogens (primary N) is 2. The third-order valence-electron chi connectivity index (χ3n) is 3.14. The Morgan fingerprint density at radius 3 is 2.94 bits per heavy atom. The van der Waals surface area contributed by atoms with E-state index in [0.717, 1.165) is 30.8 Å². The molecule has 0 fully saturated rings. The molecule has 0 radical (unpaired) electrons. The van der Waals surface area contributed by atoms with Gasteiger partial charge in [0.2, 0.25) is 5.91 Å². The van der Waals surface area contributed by atoms with Crippen molar-refractivity contribution >= 4 is 17.3 Å². The van der Waals surface area contributed by atoms with Gasteiger partial charge in [-0.2, -0.15) is 0 Å². The highest BCUT2D eigenvalue weighted by atomic mass is 16.1.